The van der Waals surface area contributed by atoms with E-state index < -0.39 is 5.97 Å². The Labute approximate surface area is 72.7 Å². The van der Waals surface area contributed by atoms with Crippen molar-refractivity contribution in [3.63, 3.8) is 0 Å². The van der Waals surface area contributed by atoms with E-state index in [4.69, 9.17) is 10.2 Å². The molecule has 0 fully saturated rings. The van der Waals surface area contributed by atoms with Crippen LogP contribution >= 0.6 is 0 Å². The van der Waals surface area contributed by atoms with E-state index in [0.717, 1.165) is 6.42 Å². The van der Waals surface area contributed by atoms with Gasteiger partial charge < -0.3 is 10.2 Å². The molecule has 0 spiro atoms. The minimum Gasteiger partial charge on any atom is -0.478 e. The maximum absolute atomic E-state index is 10.3. The molecule has 2 N–H and O–H groups in total. The van der Waals surface area contributed by atoms with Gasteiger partial charge in [-0.3, -0.25) is 0 Å². The molecule has 0 rings (SSSR count). The fourth-order valence-electron chi connectivity index (χ4n) is 0.910. The van der Waals surface area contributed by atoms with Gasteiger partial charge in [-0.2, -0.15) is 0 Å². The summed E-state index contributed by atoms with van der Waals surface area (Å²) in [5.41, 5.74) is 0.224. The van der Waals surface area contributed by atoms with Crippen molar-refractivity contribution in [1.29, 1.82) is 0 Å². The first-order valence-electron chi connectivity index (χ1n) is 4.13. The summed E-state index contributed by atoms with van der Waals surface area (Å²) in [6.45, 7) is 5.52. The third kappa shape index (κ3) is 4.13. The zero-order chi connectivity index (χ0) is 9.56. The molecule has 0 bridgehead atoms. The summed E-state index contributed by atoms with van der Waals surface area (Å²) in [5, 5.41) is 17.3. The number of carboxylic acid groups (broad SMARTS) is 1. The van der Waals surface area contributed by atoms with Crippen molar-refractivity contribution < 1.29 is 15.0 Å². The molecule has 1 atom stereocenters. The van der Waals surface area contributed by atoms with E-state index in [-0.39, 0.29) is 18.1 Å². The number of rotatable bonds is 6. The first-order chi connectivity index (χ1) is 5.61. The zero-order valence-electron chi connectivity index (χ0n) is 7.42. The van der Waals surface area contributed by atoms with Crippen LogP contribution in [-0.2, 0) is 4.79 Å². The highest BCUT2D eigenvalue weighted by atomic mass is 16.4. The monoisotopic (exact) mass is 172 g/mol. The van der Waals surface area contributed by atoms with E-state index in [1.807, 2.05) is 6.92 Å². The summed E-state index contributed by atoms with van der Waals surface area (Å²) in [4.78, 5) is 10.3. The minimum atomic E-state index is -0.942. The Bertz CT molecular complexity index is 159. The highest BCUT2D eigenvalue weighted by molar-refractivity contribution is 5.85. The van der Waals surface area contributed by atoms with Crippen LogP contribution in [0.15, 0.2) is 12.2 Å². The van der Waals surface area contributed by atoms with Crippen molar-refractivity contribution in [2.24, 2.45) is 5.92 Å². The second kappa shape index (κ2) is 5.77. The summed E-state index contributed by atoms with van der Waals surface area (Å²) >= 11 is 0. The quantitative estimate of drug-likeness (QED) is 0.596. The fourth-order valence-corrected chi connectivity index (χ4v) is 0.910. The first kappa shape index (κ1) is 11.2. The average molecular weight is 172 g/mol. The maximum Gasteiger partial charge on any atom is 0.330 e. The van der Waals surface area contributed by atoms with Gasteiger partial charge in [0.25, 0.3) is 0 Å². The van der Waals surface area contributed by atoms with Crippen LogP contribution in [0.5, 0.6) is 0 Å². The van der Waals surface area contributed by atoms with Gasteiger partial charge in [0, 0.05) is 12.2 Å². The highest BCUT2D eigenvalue weighted by Crippen LogP contribution is 2.13. The van der Waals surface area contributed by atoms with Crippen LogP contribution in [0.4, 0.5) is 0 Å². The van der Waals surface area contributed by atoms with E-state index in [1.165, 1.54) is 0 Å². The molecule has 70 valence electrons. The van der Waals surface area contributed by atoms with Gasteiger partial charge in [0.05, 0.1) is 0 Å². The molecular weight excluding hydrogens is 156 g/mol. The molecule has 3 heteroatoms. The summed E-state index contributed by atoms with van der Waals surface area (Å²) < 4.78 is 0. The van der Waals surface area contributed by atoms with Gasteiger partial charge >= 0.3 is 5.97 Å². The Morgan fingerprint density at radius 1 is 1.58 bits per heavy atom. The lowest BCUT2D eigenvalue weighted by atomic mass is 9.99. The van der Waals surface area contributed by atoms with Gasteiger partial charge in [0.1, 0.15) is 0 Å². The van der Waals surface area contributed by atoms with Crippen LogP contribution in [0.25, 0.3) is 0 Å². The molecule has 0 aromatic carbocycles. The number of aliphatic hydroxyl groups is 1. The SMILES string of the molecule is C=C(CCC(CC)CO)C(=O)O. The Kier molecular flexibility index (Phi) is 5.37. The first-order valence-corrected chi connectivity index (χ1v) is 4.13. The number of aliphatic carboxylic acids is 1. The van der Waals surface area contributed by atoms with Gasteiger partial charge in [0.2, 0.25) is 0 Å². The Morgan fingerprint density at radius 2 is 2.17 bits per heavy atom. The van der Waals surface area contributed by atoms with Gasteiger partial charge in [0.15, 0.2) is 0 Å². The number of carboxylic acids is 1. The Balaban J connectivity index is 3.66. The van der Waals surface area contributed by atoms with Gasteiger partial charge in [-0.1, -0.05) is 19.9 Å². The molecule has 0 aromatic heterocycles. The molecule has 0 saturated heterocycles. The Hall–Kier alpha value is -0.830. The molecular formula is C9H16O3. The molecule has 0 heterocycles. The zero-order valence-corrected chi connectivity index (χ0v) is 7.42. The molecule has 12 heavy (non-hydrogen) atoms. The van der Waals surface area contributed by atoms with Crippen molar-refractivity contribution in [3.8, 4) is 0 Å². The molecule has 3 nitrogen and oxygen atoms in total. The summed E-state index contributed by atoms with van der Waals surface area (Å²) in [6, 6.07) is 0. The normalized spacial score (nSPS) is 12.5. The molecule has 0 aliphatic heterocycles. The van der Waals surface area contributed by atoms with Crippen LogP contribution in [0, 0.1) is 5.92 Å². The van der Waals surface area contributed by atoms with E-state index in [0.29, 0.717) is 12.8 Å². The van der Waals surface area contributed by atoms with E-state index in [9.17, 15) is 4.79 Å². The third-order valence-electron chi connectivity index (χ3n) is 1.99. The molecule has 0 aliphatic rings. The molecule has 1 unspecified atom stereocenters. The number of carbonyl (C=O) groups is 1. The molecule has 0 amide bonds. The molecule has 0 aromatic rings. The molecule has 0 aliphatic carbocycles. The van der Waals surface area contributed by atoms with E-state index in [2.05, 4.69) is 6.58 Å². The van der Waals surface area contributed by atoms with Gasteiger partial charge in [-0.25, -0.2) is 4.79 Å². The number of hydrogen-bond acceptors (Lipinski definition) is 2. The van der Waals surface area contributed by atoms with Crippen molar-refractivity contribution >= 4 is 5.97 Å². The van der Waals surface area contributed by atoms with Crippen LogP contribution in [0.3, 0.4) is 0 Å². The van der Waals surface area contributed by atoms with Crippen LogP contribution in [0.2, 0.25) is 0 Å². The lowest BCUT2D eigenvalue weighted by molar-refractivity contribution is -0.132. The lowest BCUT2D eigenvalue weighted by Gasteiger charge is -2.10. The Morgan fingerprint density at radius 3 is 2.50 bits per heavy atom. The van der Waals surface area contributed by atoms with Crippen LogP contribution in [-0.4, -0.2) is 22.8 Å². The average Bonchev–Trinajstić information content (AvgIpc) is 2.05. The predicted octanol–water partition coefficient (Wildman–Crippen LogP) is 1.43. The van der Waals surface area contributed by atoms with E-state index in [1.54, 1.807) is 0 Å². The van der Waals surface area contributed by atoms with Gasteiger partial charge in [-0.15, -0.1) is 0 Å². The predicted molar refractivity (Wildman–Crippen MR) is 46.9 cm³/mol. The highest BCUT2D eigenvalue weighted by Gasteiger charge is 2.08. The second-order valence-corrected chi connectivity index (χ2v) is 2.90. The number of hydrogen-bond donors (Lipinski definition) is 2. The molecule has 0 saturated carbocycles. The lowest BCUT2D eigenvalue weighted by Crippen LogP contribution is -2.07. The van der Waals surface area contributed by atoms with Crippen molar-refractivity contribution in [1.82, 2.24) is 0 Å². The topological polar surface area (TPSA) is 57.5 Å². The smallest absolute Gasteiger partial charge is 0.330 e. The summed E-state index contributed by atoms with van der Waals surface area (Å²) in [6.07, 6.45) is 2.05. The van der Waals surface area contributed by atoms with Crippen LogP contribution in [0.1, 0.15) is 26.2 Å². The second-order valence-electron chi connectivity index (χ2n) is 2.90. The van der Waals surface area contributed by atoms with E-state index >= 15 is 0 Å². The minimum absolute atomic E-state index is 0.128. The van der Waals surface area contributed by atoms with Gasteiger partial charge in [-0.05, 0) is 18.8 Å². The van der Waals surface area contributed by atoms with Crippen LogP contribution < -0.4 is 0 Å². The molecule has 0 radical (unpaired) electrons. The fraction of sp³-hybridized carbons (Fsp3) is 0.667. The standard InChI is InChI=1S/C9H16O3/c1-3-8(6-10)5-4-7(2)9(11)12/h8,10H,2-6H2,1H3,(H,11,12). The number of aliphatic hydroxyl groups excluding tert-OH is 1. The maximum atomic E-state index is 10.3. The largest absolute Gasteiger partial charge is 0.478 e. The summed E-state index contributed by atoms with van der Waals surface area (Å²) in [7, 11) is 0. The van der Waals surface area contributed by atoms with Crippen molar-refractivity contribution in [2.45, 2.75) is 26.2 Å². The van der Waals surface area contributed by atoms with Crippen molar-refractivity contribution in [3.05, 3.63) is 12.2 Å². The third-order valence-corrected chi connectivity index (χ3v) is 1.99. The van der Waals surface area contributed by atoms with Crippen molar-refractivity contribution in [2.75, 3.05) is 6.61 Å². The summed E-state index contributed by atoms with van der Waals surface area (Å²) in [5.74, 6) is -0.733.